The number of anilines is 4. The average Bonchev–Trinajstić information content (AvgIpc) is 2.78. The van der Waals surface area contributed by atoms with Crippen molar-refractivity contribution < 1.29 is 9.47 Å². The van der Waals surface area contributed by atoms with Gasteiger partial charge in [0.2, 0.25) is 0 Å². The second-order valence-corrected chi connectivity index (χ2v) is 6.17. The normalized spacial score (nSPS) is 10.2. The van der Waals surface area contributed by atoms with Gasteiger partial charge in [0, 0.05) is 23.8 Å². The first kappa shape index (κ1) is 18.3. The number of methoxy groups -OCH3 is 1. The summed E-state index contributed by atoms with van der Waals surface area (Å²) in [6.07, 6.45) is 3.29. The molecule has 1 heterocycles. The minimum atomic E-state index is 0.625. The third kappa shape index (κ3) is 4.81. The van der Waals surface area contributed by atoms with Crippen LogP contribution in [0.4, 0.5) is 23.0 Å². The number of hydrogen-bond donors (Lipinski definition) is 2. The number of hydrogen-bond acceptors (Lipinski definition) is 6. The van der Waals surface area contributed by atoms with Crippen LogP contribution >= 0.6 is 0 Å². The van der Waals surface area contributed by atoms with E-state index in [4.69, 9.17) is 9.47 Å². The van der Waals surface area contributed by atoms with Crippen molar-refractivity contribution in [1.82, 2.24) is 9.97 Å². The van der Waals surface area contributed by atoms with Gasteiger partial charge in [0.25, 0.3) is 0 Å². The van der Waals surface area contributed by atoms with Crippen LogP contribution in [0.5, 0.6) is 17.2 Å². The molecule has 0 unspecified atom stereocenters. The second-order valence-electron chi connectivity index (χ2n) is 6.17. The fourth-order valence-corrected chi connectivity index (χ4v) is 2.70. The predicted octanol–water partition coefficient (Wildman–Crippen LogP) is 5.76. The smallest absolute Gasteiger partial charge is 0.173 e. The Kier molecular flexibility index (Phi) is 5.53. The van der Waals surface area contributed by atoms with E-state index in [1.807, 2.05) is 78.9 Å². The standard InChI is InChI=1S/C23H20N4O2/c1-28-19-11-7-17(8-12-19)26-22-23(25-16-15-24-22)27-18-9-13-21(14-10-18)29-20-5-3-2-4-6-20/h2-16H,1H3,(H,24,26)(H,25,27). The van der Waals surface area contributed by atoms with Crippen molar-refractivity contribution in [1.29, 1.82) is 0 Å². The SMILES string of the molecule is COc1ccc(Nc2nccnc2Nc2ccc(Oc3ccccc3)cc2)cc1. The maximum absolute atomic E-state index is 5.83. The molecule has 29 heavy (non-hydrogen) atoms. The lowest BCUT2D eigenvalue weighted by molar-refractivity contribution is 0.415. The number of nitrogens with one attached hydrogen (secondary N) is 2. The van der Waals surface area contributed by atoms with Crippen LogP contribution < -0.4 is 20.1 Å². The molecular weight excluding hydrogens is 364 g/mol. The fourth-order valence-electron chi connectivity index (χ4n) is 2.70. The summed E-state index contributed by atoms with van der Waals surface area (Å²) in [7, 11) is 1.64. The molecule has 0 aliphatic rings. The zero-order chi connectivity index (χ0) is 19.9. The Bertz CT molecular complexity index is 1050. The van der Waals surface area contributed by atoms with Crippen molar-refractivity contribution in [2.45, 2.75) is 0 Å². The molecule has 4 rings (SSSR count). The van der Waals surface area contributed by atoms with E-state index in [0.717, 1.165) is 28.6 Å². The van der Waals surface area contributed by atoms with Crippen molar-refractivity contribution in [2.24, 2.45) is 0 Å². The van der Waals surface area contributed by atoms with Gasteiger partial charge in [-0.3, -0.25) is 0 Å². The number of rotatable bonds is 7. The summed E-state index contributed by atoms with van der Waals surface area (Å²) in [5.74, 6) is 3.61. The van der Waals surface area contributed by atoms with Gasteiger partial charge in [-0.25, -0.2) is 9.97 Å². The zero-order valence-electron chi connectivity index (χ0n) is 15.9. The van der Waals surface area contributed by atoms with Crippen LogP contribution in [-0.2, 0) is 0 Å². The van der Waals surface area contributed by atoms with Crippen molar-refractivity contribution in [3.63, 3.8) is 0 Å². The number of para-hydroxylation sites is 1. The lowest BCUT2D eigenvalue weighted by Crippen LogP contribution is -2.02. The topological polar surface area (TPSA) is 68.3 Å². The number of benzene rings is 3. The summed E-state index contributed by atoms with van der Waals surface area (Å²) in [5.41, 5.74) is 1.77. The van der Waals surface area contributed by atoms with Gasteiger partial charge in [-0.05, 0) is 60.7 Å². The van der Waals surface area contributed by atoms with Crippen LogP contribution in [0.1, 0.15) is 0 Å². The summed E-state index contributed by atoms with van der Waals surface area (Å²) in [4.78, 5) is 8.80. The summed E-state index contributed by atoms with van der Waals surface area (Å²) < 4.78 is 11.0. The number of nitrogens with zero attached hydrogens (tertiary/aromatic N) is 2. The summed E-state index contributed by atoms with van der Waals surface area (Å²) in [6, 6.07) is 25.0. The van der Waals surface area contributed by atoms with Crippen LogP contribution in [-0.4, -0.2) is 17.1 Å². The lowest BCUT2D eigenvalue weighted by Gasteiger charge is -2.12. The van der Waals surface area contributed by atoms with Crippen molar-refractivity contribution in [3.8, 4) is 17.2 Å². The Labute approximate surface area is 169 Å². The van der Waals surface area contributed by atoms with Crippen molar-refractivity contribution >= 4 is 23.0 Å². The van der Waals surface area contributed by atoms with E-state index >= 15 is 0 Å². The molecule has 2 N–H and O–H groups in total. The molecule has 4 aromatic rings. The highest BCUT2D eigenvalue weighted by Crippen LogP contribution is 2.27. The first-order chi connectivity index (χ1) is 14.3. The van der Waals surface area contributed by atoms with Gasteiger partial charge in [0.1, 0.15) is 17.2 Å². The second kappa shape index (κ2) is 8.75. The molecule has 0 amide bonds. The summed E-state index contributed by atoms with van der Waals surface area (Å²) in [5, 5.41) is 6.56. The Hall–Kier alpha value is -4.06. The highest BCUT2D eigenvalue weighted by molar-refractivity contribution is 5.72. The molecule has 0 aliphatic heterocycles. The van der Waals surface area contributed by atoms with E-state index in [0.29, 0.717) is 11.6 Å². The summed E-state index contributed by atoms with van der Waals surface area (Å²) >= 11 is 0. The minimum absolute atomic E-state index is 0.625. The van der Waals surface area contributed by atoms with Crippen molar-refractivity contribution in [2.75, 3.05) is 17.7 Å². The molecule has 0 atom stereocenters. The molecule has 1 aromatic heterocycles. The van der Waals surface area contributed by atoms with Crippen LogP contribution in [0, 0.1) is 0 Å². The van der Waals surface area contributed by atoms with Crippen LogP contribution in [0.3, 0.4) is 0 Å². The van der Waals surface area contributed by atoms with Crippen LogP contribution in [0.15, 0.2) is 91.3 Å². The van der Waals surface area contributed by atoms with Gasteiger partial charge in [-0.1, -0.05) is 18.2 Å². The molecular formula is C23H20N4O2. The van der Waals surface area contributed by atoms with E-state index in [1.54, 1.807) is 19.5 Å². The van der Waals surface area contributed by atoms with E-state index in [9.17, 15) is 0 Å². The first-order valence-electron chi connectivity index (χ1n) is 9.12. The van der Waals surface area contributed by atoms with Gasteiger partial charge in [-0.15, -0.1) is 0 Å². The Morgan fingerprint density at radius 1 is 0.586 bits per heavy atom. The van der Waals surface area contributed by atoms with Gasteiger partial charge >= 0.3 is 0 Å². The maximum Gasteiger partial charge on any atom is 0.173 e. The molecule has 0 radical (unpaired) electrons. The quantitative estimate of drug-likeness (QED) is 0.422. The monoisotopic (exact) mass is 384 g/mol. The largest absolute Gasteiger partial charge is 0.497 e. The van der Waals surface area contributed by atoms with E-state index in [1.165, 1.54) is 0 Å². The minimum Gasteiger partial charge on any atom is -0.497 e. The fraction of sp³-hybridized carbons (Fsp3) is 0.0435. The van der Waals surface area contributed by atoms with Crippen molar-refractivity contribution in [3.05, 3.63) is 91.3 Å². The summed E-state index contributed by atoms with van der Waals surface area (Å²) in [6.45, 7) is 0. The zero-order valence-corrected chi connectivity index (χ0v) is 15.9. The maximum atomic E-state index is 5.83. The van der Waals surface area contributed by atoms with Gasteiger partial charge in [0.15, 0.2) is 11.6 Å². The molecule has 0 aliphatic carbocycles. The first-order valence-corrected chi connectivity index (χ1v) is 9.12. The molecule has 6 nitrogen and oxygen atoms in total. The van der Waals surface area contributed by atoms with Gasteiger partial charge in [-0.2, -0.15) is 0 Å². The molecule has 3 aromatic carbocycles. The molecule has 0 saturated carbocycles. The predicted molar refractivity (Wildman–Crippen MR) is 115 cm³/mol. The lowest BCUT2D eigenvalue weighted by atomic mass is 10.3. The molecule has 0 spiro atoms. The highest BCUT2D eigenvalue weighted by Gasteiger charge is 2.07. The van der Waals surface area contributed by atoms with Crippen LogP contribution in [0.2, 0.25) is 0 Å². The number of aromatic nitrogens is 2. The molecule has 0 bridgehead atoms. The average molecular weight is 384 g/mol. The molecule has 144 valence electrons. The molecule has 0 fully saturated rings. The number of ether oxygens (including phenoxy) is 2. The van der Waals surface area contributed by atoms with Gasteiger partial charge in [0.05, 0.1) is 7.11 Å². The van der Waals surface area contributed by atoms with E-state index in [2.05, 4.69) is 20.6 Å². The third-order valence-electron chi connectivity index (χ3n) is 4.15. The van der Waals surface area contributed by atoms with E-state index in [-0.39, 0.29) is 0 Å². The molecule has 6 heteroatoms. The highest BCUT2D eigenvalue weighted by atomic mass is 16.5. The van der Waals surface area contributed by atoms with Crippen LogP contribution in [0.25, 0.3) is 0 Å². The molecule has 0 saturated heterocycles. The Morgan fingerprint density at radius 2 is 1.07 bits per heavy atom. The van der Waals surface area contributed by atoms with Gasteiger partial charge < -0.3 is 20.1 Å². The van der Waals surface area contributed by atoms with E-state index < -0.39 is 0 Å². The Morgan fingerprint density at radius 3 is 1.59 bits per heavy atom. The third-order valence-corrected chi connectivity index (χ3v) is 4.15. The Balaban J connectivity index is 1.46.